The Bertz CT molecular complexity index is 408. The molecule has 2 rings (SSSR count). The molecule has 1 aliphatic rings. The summed E-state index contributed by atoms with van der Waals surface area (Å²) in [5.74, 6) is 0.730. The molecule has 2 atom stereocenters. The molecular weight excluding hydrogens is 246 g/mol. The Balaban J connectivity index is 2.17. The Labute approximate surface area is 124 Å². The fraction of sp³-hybridized carbons (Fsp3) is 0.824. The second kappa shape index (κ2) is 6.75. The average Bonchev–Trinajstić information content (AvgIpc) is 2.98. The van der Waals surface area contributed by atoms with Crippen molar-refractivity contribution in [1.82, 2.24) is 15.1 Å². The average molecular weight is 277 g/mol. The van der Waals surface area contributed by atoms with Gasteiger partial charge in [-0.25, -0.2) is 0 Å². The van der Waals surface area contributed by atoms with E-state index < -0.39 is 0 Å². The van der Waals surface area contributed by atoms with Gasteiger partial charge in [0.1, 0.15) is 0 Å². The monoisotopic (exact) mass is 277 g/mol. The standard InChI is InChI=1S/C17H31N3/c1-5-10-18-16(15-8-7-9-17(15,3)4)14-12-19-20(13-14)11-6-2/h12-13,15-16,18H,5-11H2,1-4H3. The quantitative estimate of drug-likeness (QED) is 0.811. The van der Waals surface area contributed by atoms with Crippen LogP contribution in [0, 0.1) is 11.3 Å². The Hall–Kier alpha value is -0.830. The molecule has 0 spiro atoms. The second-order valence-electron chi connectivity index (χ2n) is 6.96. The van der Waals surface area contributed by atoms with Gasteiger partial charge in [0.2, 0.25) is 0 Å². The molecular formula is C17H31N3. The van der Waals surface area contributed by atoms with Crippen molar-refractivity contribution < 1.29 is 0 Å². The van der Waals surface area contributed by atoms with E-state index in [1.54, 1.807) is 0 Å². The topological polar surface area (TPSA) is 29.9 Å². The van der Waals surface area contributed by atoms with Crippen molar-refractivity contribution in [3.05, 3.63) is 18.0 Å². The van der Waals surface area contributed by atoms with E-state index in [9.17, 15) is 0 Å². The third-order valence-corrected chi connectivity index (χ3v) is 4.82. The van der Waals surface area contributed by atoms with Crippen LogP contribution in [0.5, 0.6) is 0 Å². The van der Waals surface area contributed by atoms with Gasteiger partial charge >= 0.3 is 0 Å². The van der Waals surface area contributed by atoms with Crippen LogP contribution in [0.2, 0.25) is 0 Å². The van der Waals surface area contributed by atoms with E-state index >= 15 is 0 Å². The number of hydrogen-bond donors (Lipinski definition) is 1. The number of aryl methyl sites for hydroxylation is 1. The van der Waals surface area contributed by atoms with Gasteiger partial charge in [-0.05, 0) is 43.6 Å². The van der Waals surface area contributed by atoms with E-state index in [-0.39, 0.29) is 0 Å². The molecule has 1 aromatic rings. The minimum atomic E-state index is 0.443. The summed E-state index contributed by atoms with van der Waals surface area (Å²) in [6.07, 6.45) is 10.7. The first kappa shape index (κ1) is 15.6. The Morgan fingerprint density at radius 2 is 2.20 bits per heavy atom. The highest BCUT2D eigenvalue weighted by molar-refractivity contribution is 5.14. The summed E-state index contributed by atoms with van der Waals surface area (Å²) < 4.78 is 2.10. The van der Waals surface area contributed by atoms with Gasteiger partial charge in [0.25, 0.3) is 0 Å². The predicted octanol–water partition coefficient (Wildman–Crippen LogP) is 4.16. The van der Waals surface area contributed by atoms with E-state index in [2.05, 4.69) is 55.2 Å². The number of nitrogens with one attached hydrogen (secondary N) is 1. The molecule has 1 aliphatic carbocycles. The van der Waals surface area contributed by atoms with Crippen LogP contribution in [0.15, 0.2) is 12.4 Å². The van der Waals surface area contributed by atoms with Gasteiger partial charge in [-0.3, -0.25) is 4.68 Å². The molecule has 114 valence electrons. The zero-order valence-electron chi connectivity index (χ0n) is 13.7. The molecule has 0 saturated heterocycles. The normalized spacial score (nSPS) is 23.1. The Morgan fingerprint density at radius 1 is 1.40 bits per heavy atom. The summed E-state index contributed by atoms with van der Waals surface area (Å²) in [5, 5.41) is 8.32. The first-order valence-electron chi connectivity index (χ1n) is 8.34. The highest BCUT2D eigenvalue weighted by Crippen LogP contribution is 2.48. The fourth-order valence-corrected chi connectivity index (χ4v) is 3.66. The van der Waals surface area contributed by atoms with Gasteiger partial charge in [-0.15, -0.1) is 0 Å². The molecule has 3 heteroatoms. The van der Waals surface area contributed by atoms with Gasteiger partial charge < -0.3 is 5.32 Å². The zero-order chi connectivity index (χ0) is 14.6. The largest absolute Gasteiger partial charge is 0.310 e. The van der Waals surface area contributed by atoms with E-state index in [4.69, 9.17) is 0 Å². The van der Waals surface area contributed by atoms with Gasteiger partial charge in [0, 0.05) is 24.3 Å². The van der Waals surface area contributed by atoms with Crippen molar-refractivity contribution in [2.24, 2.45) is 11.3 Å². The SMILES string of the molecule is CCCNC(c1cnn(CCC)c1)C1CCCC1(C)C. The summed E-state index contributed by atoms with van der Waals surface area (Å²) in [4.78, 5) is 0. The molecule has 1 saturated carbocycles. The molecule has 1 fully saturated rings. The summed E-state index contributed by atoms with van der Waals surface area (Å²) in [6, 6.07) is 0.470. The summed E-state index contributed by atoms with van der Waals surface area (Å²) in [7, 11) is 0. The van der Waals surface area contributed by atoms with Crippen LogP contribution in [0.1, 0.15) is 71.4 Å². The maximum Gasteiger partial charge on any atom is 0.0537 e. The zero-order valence-corrected chi connectivity index (χ0v) is 13.7. The molecule has 1 heterocycles. The van der Waals surface area contributed by atoms with Crippen LogP contribution in [-0.4, -0.2) is 16.3 Å². The molecule has 20 heavy (non-hydrogen) atoms. The lowest BCUT2D eigenvalue weighted by molar-refractivity contribution is 0.197. The molecule has 3 nitrogen and oxygen atoms in total. The molecule has 0 aliphatic heterocycles. The first-order valence-corrected chi connectivity index (χ1v) is 8.34. The highest BCUT2D eigenvalue weighted by atomic mass is 15.3. The van der Waals surface area contributed by atoms with E-state index in [1.165, 1.54) is 31.2 Å². The predicted molar refractivity (Wildman–Crippen MR) is 84.7 cm³/mol. The van der Waals surface area contributed by atoms with Gasteiger partial charge in [0.05, 0.1) is 6.20 Å². The maximum atomic E-state index is 4.53. The smallest absolute Gasteiger partial charge is 0.0537 e. The van der Waals surface area contributed by atoms with Gasteiger partial charge in [-0.2, -0.15) is 5.10 Å². The van der Waals surface area contributed by atoms with Crippen LogP contribution >= 0.6 is 0 Å². The molecule has 1 aromatic heterocycles. The van der Waals surface area contributed by atoms with Crippen molar-refractivity contribution >= 4 is 0 Å². The lowest BCUT2D eigenvalue weighted by Gasteiger charge is -2.34. The number of rotatable bonds is 7. The first-order chi connectivity index (χ1) is 9.58. The van der Waals surface area contributed by atoms with Gasteiger partial charge in [-0.1, -0.05) is 34.1 Å². The minimum absolute atomic E-state index is 0.443. The summed E-state index contributed by atoms with van der Waals surface area (Å²) in [5.41, 5.74) is 1.82. The number of hydrogen-bond acceptors (Lipinski definition) is 2. The lowest BCUT2D eigenvalue weighted by atomic mass is 9.76. The van der Waals surface area contributed by atoms with Crippen LogP contribution in [-0.2, 0) is 6.54 Å². The van der Waals surface area contributed by atoms with Crippen molar-refractivity contribution in [3.8, 4) is 0 Å². The minimum Gasteiger partial charge on any atom is -0.310 e. The van der Waals surface area contributed by atoms with Crippen LogP contribution in [0.25, 0.3) is 0 Å². The molecule has 0 radical (unpaired) electrons. The molecule has 2 unspecified atom stereocenters. The van der Waals surface area contributed by atoms with Crippen LogP contribution in [0.3, 0.4) is 0 Å². The molecule has 1 N–H and O–H groups in total. The maximum absolute atomic E-state index is 4.53. The van der Waals surface area contributed by atoms with Crippen molar-refractivity contribution in [1.29, 1.82) is 0 Å². The molecule has 0 amide bonds. The number of nitrogens with zero attached hydrogens (tertiary/aromatic N) is 2. The summed E-state index contributed by atoms with van der Waals surface area (Å²) >= 11 is 0. The van der Waals surface area contributed by atoms with E-state index in [0.717, 1.165) is 25.4 Å². The third-order valence-electron chi connectivity index (χ3n) is 4.82. The Morgan fingerprint density at radius 3 is 2.80 bits per heavy atom. The van der Waals surface area contributed by atoms with Crippen LogP contribution in [0.4, 0.5) is 0 Å². The molecule has 0 bridgehead atoms. The van der Waals surface area contributed by atoms with Crippen LogP contribution < -0.4 is 5.32 Å². The third kappa shape index (κ3) is 3.43. The highest BCUT2D eigenvalue weighted by Gasteiger charge is 2.40. The fourth-order valence-electron chi connectivity index (χ4n) is 3.66. The lowest BCUT2D eigenvalue weighted by Crippen LogP contribution is -2.34. The summed E-state index contributed by atoms with van der Waals surface area (Å²) in [6.45, 7) is 11.4. The molecule has 0 aromatic carbocycles. The van der Waals surface area contributed by atoms with Crippen molar-refractivity contribution in [3.63, 3.8) is 0 Å². The van der Waals surface area contributed by atoms with Gasteiger partial charge in [0.15, 0.2) is 0 Å². The van der Waals surface area contributed by atoms with Crippen molar-refractivity contribution in [2.45, 2.75) is 72.4 Å². The van der Waals surface area contributed by atoms with Crippen molar-refractivity contribution in [2.75, 3.05) is 6.54 Å². The second-order valence-corrected chi connectivity index (χ2v) is 6.96. The van der Waals surface area contributed by atoms with E-state index in [1.807, 2.05) is 0 Å². The Kier molecular flexibility index (Phi) is 5.25. The number of aromatic nitrogens is 2. The van der Waals surface area contributed by atoms with E-state index in [0.29, 0.717) is 11.5 Å².